The van der Waals surface area contributed by atoms with Crippen molar-refractivity contribution in [3.63, 3.8) is 0 Å². The van der Waals surface area contributed by atoms with Crippen molar-refractivity contribution in [2.75, 3.05) is 13.2 Å². The molecule has 0 aliphatic carbocycles. The molecule has 0 N–H and O–H groups in total. The van der Waals surface area contributed by atoms with Gasteiger partial charge in [0.15, 0.2) is 0 Å². The highest BCUT2D eigenvalue weighted by atomic mass is 19.1. The highest BCUT2D eigenvalue weighted by molar-refractivity contribution is 5.69. The first kappa shape index (κ1) is 12.5. The smallest absolute Gasteiger partial charge is 0.309 e. The fraction of sp³-hybridized carbons (Fsp3) is 0.417. The summed E-state index contributed by atoms with van der Waals surface area (Å²) in [6, 6.07) is 4.61. The maximum Gasteiger partial charge on any atom is 0.309 e. The van der Waals surface area contributed by atoms with Crippen molar-refractivity contribution in [1.29, 1.82) is 0 Å². The molecule has 88 valence electrons. The Morgan fingerprint density at radius 1 is 1.44 bits per heavy atom. The van der Waals surface area contributed by atoms with Gasteiger partial charge in [-0.1, -0.05) is 6.07 Å². The second-order valence-corrected chi connectivity index (χ2v) is 3.31. The van der Waals surface area contributed by atoms with E-state index in [1.165, 1.54) is 6.07 Å². The van der Waals surface area contributed by atoms with Gasteiger partial charge in [0.05, 0.1) is 19.6 Å². The molecule has 0 radical (unpaired) electrons. The van der Waals surface area contributed by atoms with E-state index >= 15 is 0 Å². The maximum absolute atomic E-state index is 13.1. The molecular weight excluding hydrogens is 211 g/mol. The van der Waals surface area contributed by atoms with E-state index in [0.717, 1.165) is 0 Å². The quantitative estimate of drug-likeness (QED) is 0.723. The minimum absolute atomic E-state index is 0.170. The van der Waals surface area contributed by atoms with Crippen LogP contribution in [0.25, 0.3) is 0 Å². The van der Waals surface area contributed by atoms with Gasteiger partial charge >= 0.3 is 5.97 Å². The van der Waals surface area contributed by atoms with Crippen LogP contribution in [0, 0.1) is 12.7 Å². The summed E-state index contributed by atoms with van der Waals surface area (Å²) < 4.78 is 23.1. The van der Waals surface area contributed by atoms with Crippen LogP contribution in [0.15, 0.2) is 18.2 Å². The average molecular weight is 226 g/mol. The predicted molar refractivity (Wildman–Crippen MR) is 57.9 cm³/mol. The molecule has 1 aromatic carbocycles. The van der Waals surface area contributed by atoms with Crippen LogP contribution in [0.3, 0.4) is 0 Å². The summed E-state index contributed by atoms with van der Waals surface area (Å²) >= 11 is 0. The first-order valence-corrected chi connectivity index (χ1v) is 5.18. The molecule has 1 aromatic rings. The van der Waals surface area contributed by atoms with Gasteiger partial charge in [0, 0.05) is 6.07 Å². The van der Waals surface area contributed by atoms with Crippen molar-refractivity contribution < 1.29 is 18.7 Å². The van der Waals surface area contributed by atoms with E-state index in [1.807, 2.05) is 0 Å². The molecule has 3 nitrogen and oxygen atoms in total. The molecule has 0 spiro atoms. The van der Waals surface area contributed by atoms with Gasteiger partial charge < -0.3 is 9.47 Å². The van der Waals surface area contributed by atoms with E-state index in [2.05, 4.69) is 0 Å². The molecule has 0 unspecified atom stereocenters. The number of hydrogen-bond acceptors (Lipinski definition) is 3. The Kier molecular flexibility index (Phi) is 4.76. The van der Waals surface area contributed by atoms with E-state index in [0.29, 0.717) is 17.9 Å². The lowest BCUT2D eigenvalue weighted by Crippen LogP contribution is -2.09. The van der Waals surface area contributed by atoms with Crippen molar-refractivity contribution >= 4 is 5.97 Å². The standard InChI is InChI=1S/C12H15FO3/c1-3-15-12(14)6-7-16-10-5-4-9(2)11(13)8-10/h4-5,8H,3,6-7H2,1-2H3. The Morgan fingerprint density at radius 2 is 2.19 bits per heavy atom. The molecule has 0 heterocycles. The number of carbonyl (C=O) groups excluding carboxylic acids is 1. The SMILES string of the molecule is CCOC(=O)CCOc1ccc(C)c(F)c1. The fourth-order valence-electron chi connectivity index (χ4n) is 1.15. The second-order valence-electron chi connectivity index (χ2n) is 3.31. The summed E-state index contributed by atoms with van der Waals surface area (Å²) in [6.45, 7) is 3.98. The van der Waals surface area contributed by atoms with Gasteiger partial charge in [0.1, 0.15) is 11.6 Å². The molecule has 16 heavy (non-hydrogen) atoms. The highest BCUT2D eigenvalue weighted by Gasteiger charge is 2.03. The molecular formula is C12H15FO3. The number of esters is 1. The number of halogens is 1. The summed E-state index contributed by atoms with van der Waals surface area (Å²) in [4.78, 5) is 11.0. The second kappa shape index (κ2) is 6.10. The van der Waals surface area contributed by atoms with Gasteiger partial charge in [-0.05, 0) is 25.5 Å². The van der Waals surface area contributed by atoms with Gasteiger partial charge in [-0.3, -0.25) is 4.79 Å². The van der Waals surface area contributed by atoms with Crippen LogP contribution in [0.1, 0.15) is 18.9 Å². The Hall–Kier alpha value is -1.58. The van der Waals surface area contributed by atoms with Gasteiger partial charge in [-0.25, -0.2) is 4.39 Å². The monoisotopic (exact) mass is 226 g/mol. The number of ether oxygens (including phenoxy) is 2. The number of aryl methyl sites for hydroxylation is 1. The van der Waals surface area contributed by atoms with Crippen LogP contribution in [0.5, 0.6) is 5.75 Å². The molecule has 0 aliphatic heterocycles. The van der Waals surface area contributed by atoms with E-state index < -0.39 is 0 Å². The van der Waals surface area contributed by atoms with Crippen LogP contribution in [-0.4, -0.2) is 19.2 Å². The summed E-state index contributed by atoms with van der Waals surface area (Å²) in [5, 5.41) is 0. The van der Waals surface area contributed by atoms with Crippen LogP contribution in [0.4, 0.5) is 4.39 Å². The Labute approximate surface area is 94.2 Å². The molecule has 1 rings (SSSR count). The summed E-state index contributed by atoms with van der Waals surface area (Å²) in [5.41, 5.74) is 0.567. The first-order valence-electron chi connectivity index (χ1n) is 5.18. The van der Waals surface area contributed by atoms with Gasteiger partial charge in [0.2, 0.25) is 0 Å². The molecule has 0 atom stereocenters. The van der Waals surface area contributed by atoms with Crippen LogP contribution in [-0.2, 0) is 9.53 Å². The lowest BCUT2D eigenvalue weighted by Gasteiger charge is -2.06. The maximum atomic E-state index is 13.1. The number of rotatable bonds is 5. The molecule has 0 saturated carbocycles. The summed E-state index contributed by atoms with van der Waals surface area (Å²) in [5.74, 6) is -0.198. The molecule has 0 amide bonds. The van der Waals surface area contributed by atoms with E-state index in [4.69, 9.17) is 9.47 Å². The third kappa shape index (κ3) is 3.88. The predicted octanol–water partition coefficient (Wildman–Crippen LogP) is 2.47. The van der Waals surface area contributed by atoms with Crippen LogP contribution >= 0.6 is 0 Å². The van der Waals surface area contributed by atoms with Crippen molar-refractivity contribution in [3.8, 4) is 5.75 Å². The summed E-state index contributed by atoms with van der Waals surface area (Å²) in [7, 11) is 0. The zero-order valence-electron chi connectivity index (χ0n) is 9.46. The van der Waals surface area contributed by atoms with Crippen molar-refractivity contribution in [3.05, 3.63) is 29.6 Å². The Balaban J connectivity index is 2.37. The topological polar surface area (TPSA) is 35.5 Å². The molecule has 0 fully saturated rings. The molecule has 4 heteroatoms. The minimum Gasteiger partial charge on any atom is -0.493 e. The number of hydrogen-bond donors (Lipinski definition) is 0. The molecule has 0 saturated heterocycles. The number of carbonyl (C=O) groups is 1. The third-order valence-corrected chi connectivity index (χ3v) is 2.02. The van der Waals surface area contributed by atoms with Gasteiger partial charge in [0.25, 0.3) is 0 Å². The van der Waals surface area contributed by atoms with E-state index in [-0.39, 0.29) is 24.8 Å². The van der Waals surface area contributed by atoms with Crippen molar-refractivity contribution in [2.45, 2.75) is 20.3 Å². The Bertz CT molecular complexity index is 363. The van der Waals surface area contributed by atoms with Crippen molar-refractivity contribution in [2.24, 2.45) is 0 Å². The highest BCUT2D eigenvalue weighted by Crippen LogP contribution is 2.15. The minimum atomic E-state index is -0.311. The molecule has 0 aliphatic rings. The Morgan fingerprint density at radius 3 is 2.81 bits per heavy atom. The zero-order chi connectivity index (χ0) is 12.0. The van der Waals surface area contributed by atoms with Gasteiger partial charge in [-0.15, -0.1) is 0 Å². The van der Waals surface area contributed by atoms with Crippen LogP contribution < -0.4 is 4.74 Å². The van der Waals surface area contributed by atoms with E-state index in [9.17, 15) is 9.18 Å². The normalized spacial score (nSPS) is 9.94. The largest absolute Gasteiger partial charge is 0.493 e. The fourth-order valence-corrected chi connectivity index (χ4v) is 1.15. The average Bonchev–Trinajstić information content (AvgIpc) is 2.24. The van der Waals surface area contributed by atoms with Crippen LogP contribution in [0.2, 0.25) is 0 Å². The number of benzene rings is 1. The third-order valence-electron chi connectivity index (χ3n) is 2.02. The molecule has 0 aromatic heterocycles. The first-order chi connectivity index (χ1) is 7.63. The zero-order valence-corrected chi connectivity index (χ0v) is 9.46. The molecule has 0 bridgehead atoms. The lowest BCUT2D eigenvalue weighted by molar-refractivity contribution is -0.143. The van der Waals surface area contributed by atoms with Gasteiger partial charge in [-0.2, -0.15) is 0 Å². The van der Waals surface area contributed by atoms with Crippen molar-refractivity contribution in [1.82, 2.24) is 0 Å². The van der Waals surface area contributed by atoms with E-state index in [1.54, 1.807) is 26.0 Å². The summed E-state index contributed by atoms with van der Waals surface area (Å²) in [6.07, 6.45) is 0.170. The lowest BCUT2D eigenvalue weighted by atomic mass is 10.2.